The Morgan fingerprint density at radius 3 is 1.36 bits per heavy atom. The van der Waals surface area contributed by atoms with E-state index >= 15 is 0 Å². The van der Waals surface area contributed by atoms with Crippen LogP contribution in [0.2, 0.25) is 0 Å². The highest BCUT2D eigenvalue weighted by Crippen LogP contribution is 2.10. The van der Waals surface area contributed by atoms with Crippen molar-refractivity contribution in [2.24, 2.45) is 0 Å². The molecule has 0 amide bonds. The highest BCUT2D eigenvalue weighted by molar-refractivity contribution is 5.70. The van der Waals surface area contributed by atoms with Crippen LogP contribution in [0, 0.1) is 0 Å². The Morgan fingerprint density at radius 1 is 0.489 bits per heavy atom. The fourth-order valence-corrected chi connectivity index (χ4v) is 4.79. The van der Waals surface area contributed by atoms with Crippen LogP contribution in [0.1, 0.15) is 162 Å². The topological polar surface area (TPSA) is 72.8 Å². The quantitative estimate of drug-likeness (QED) is 0.0433. The molecule has 0 aromatic heterocycles. The zero-order valence-corrected chi connectivity index (χ0v) is 30.3. The lowest BCUT2D eigenvalue weighted by atomic mass is 10.1. The van der Waals surface area contributed by atoms with Gasteiger partial charge in [-0.3, -0.25) is 9.59 Å². The van der Waals surface area contributed by atoms with Crippen LogP contribution in [0.3, 0.4) is 0 Å². The predicted octanol–water partition coefficient (Wildman–Crippen LogP) is 11.8. The van der Waals surface area contributed by atoms with Gasteiger partial charge in [0, 0.05) is 12.8 Å². The summed E-state index contributed by atoms with van der Waals surface area (Å²) in [6.07, 6.45) is 49.5. The van der Waals surface area contributed by atoms with Gasteiger partial charge in [-0.1, -0.05) is 138 Å². The number of carbonyl (C=O) groups is 2. The van der Waals surface area contributed by atoms with Crippen molar-refractivity contribution in [3.8, 4) is 0 Å². The van der Waals surface area contributed by atoms with Crippen LogP contribution in [0.5, 0.6) is 0 Å². The number of aliphatic hydroxyl groups is 1. The van der Waals surface area contributed by atoms with Crippen molar-refractivity contribution in [3.05, 3.63) is 72.9 Å². The second kappa shape index (κ2) is 37.8. The number of esters is 2. The number of unbranched alkanes of at least 4 members (excludes halogenated alkanes) is 13. The van der Waals surface area contributed by atoms with Gasteiger partial charge in [0.05, 0.1) is 6.61 Å². The summed E-state index contributed by atoms with van der Waals surface area (Å²) in [5.74, 6) is -0.651. The molecule has 0 heterocycles. The molecule has 0 unspecified atom stereocenters. The molecular formula is C42H70O5. The lowest BCUT2D eigenvalue weighted by molar-refractivity contribution is -0.161. The predicted molar refractivity (Wildman–Crippen MR) is 200 cm³/mol. The SMILES string of the molecule is CCCC/C=C\C/C=C\CCCCCCCC(=O)OC[C@H](CO)OC(=O)CCCCC/C=C\C/C=C\C/C=C\C/C=C\CCCCC. The minimum Gasteiger partial charge on any atom is -0.462 e. The Balaban J connectivity index is 3.69. The third-order valence-corrected chi connectivity index (χ3v) is 7.72. The van der Waals surface area contributed by atoms with Crippen LogP contribution in [-0.2, 0) is 19.1 Å². The van der Waals surface area contributed by atoms with Gasteiger partial charge >= 0.3 is 11.9 Å². The number of aliphatic hydroxyl groups excluding tert-OH is 1. The molecule has 5 nitrogen and oxygen atoms in total. The van der Waals surface area contributed by atoms with Crippen LogP contribution in [0.4, 0.5) is 0 Å². The maximum absolute atomic E-state index is 12.1. The van der Waals surface area contributed by atoms with E-state index in [1.807, 2.05) is 0 Å². The maximum Gasteiger partial charge on any atom is 0.306 e. The lowest BCUT2D eigenvalue weighted by Crippen LogP contribution is -2.28. The molecule has 0 fully saturated rings. The monoisotopic (exact) mass is 655 g/mol. The van der Waals surface area contributed by atoms with Crippen molar-refractivity contribution in [1.82, 2.24) is 0 Å². The highest BCUT2D eigenvalue weighted by atomic mass is 16.6. The van der Waals surface area contributed by atoms with Gasteiger partial charge < -0.3 is 14.6 Å². The molecule has 0 spiro atoms. The molecule has 5 heteroatoms. The molecule has 1 atom stereocenters. The largest absolute Gasteiger partial charge is 0.462 e. The van der Waals surface area contributed by atoms with E-state index < -0.39 is 6.10 Å². The molecule has 0 radical (unpaired) electrons. The molecular weight excluding hydrogens is 584 g/mol. The van der Waals surface area contributed by atoms with Crippen molar-refractivity contribution < 1.29 is 24.2 Å². The molecule has 0 bridgehead atoms. The normalized spacial score (nSPS) is 13.0. The summed E-state index contributed by atoms with van der Waals surface area (Å²) >= 11 is 0. The summed E-state index contributed by atoms with van der Waals surface area (Å²) in [5, 5.41) is 9.54. The first-order valence-electron chi connectivity index (χ1n) is 19.0. The van der Waals surface area contributed by atoms with Crippen LogP contribution in [0.25, 0.3) is 0 Å². The van der Waals surface area contributed by atoms with E-state index in [2.05, 4.69) is 86.8 Å². The van der Waals surface area contributed by atoms with Gasteiger partial charge in [-0.05, 0) is 83.5 Å². The summed E-state index contributed by atoms with van der Waals surface area (Å²) in [5.41, 5.74) is 0. The Bertz CT molecular complexity index is 879. The van der Waals surface area contributed by atoms with E-state index in [-0.39, 0.29) is 25.2 Å². The second-order valence-corrected chi connectivity index (χ2v) is 12.3. The van der Waals surface area contributed by atoms with Crippen molar-refractivity contribution in [2.75, 3.05) is 13.2 Å². The number of hydrogen-bond donors (Lipinski definition) is 1. The average molecular weight is 655 g/mol. The van der Waals surface area contributed by atoms with E-state index in [1.165, 1.54) is 57.8 Å². The summed E-state index contributed by atoms with van der Waals surface area (Å²) in [6, 6.07) is 0. The summed E-state index contributed by atoms with van der Waals surface area (Å²) < 4.78 is 10.6. The molecule has 0 aromatic carbocycles. The molecule has 1 N–H and O–H groups in total. The first-order chi connectivity index (χ1) is 23.1. The molecule has 0 aliphatic carbocycles. The van der Waals surface area contributed by atoms with Gasteiger partial charge in [0.1, 0.15) is 6.61 Å². The summed E-state index contributed by atoms with van der Waals surface area (Å²) in [6.45, 7) is 4.01. The van der Waals surface area contributed by atoms with E-state index in [0.29, 0.717) is 12.8 Å². The number of carbonyl (C=O) groups excluding carboxylic acids is 2. The molecule has 0 saturated heterocycles. The maximum atomic E-state index is 12.1. The fraction of sp³-hybridized carbons (Fsp3) is 0.667. The van der Waals surface area contributed by atoms with E-state index in [1.54, 1.807) is 0 Å². The molecule has 0 aliphatic heterocycles. The standard InChI is InChI=1S/C42H70O5/c1-3-5-7-9-11-13-15-17-19-20-21-22-23-25-27-29-31-33-35-37-42(45)47-40(38-43)39-46-41(44)36-34-32-30-28-26-24-18-16-14-12-10-8-6-4-2/h10-13,16-19,21-22,25,27,40,43H,3-9,14-15,20,23-24,26,28-39H2,1-2H3/b12-10-,13-11-,18-16-,19-17-,22-21-,27-25-/t40-/m0/s1. The van der Waals surface area contributed by atoms with Gasteiger partial charge in [0.2, 0.25) is 0 Å². The molecule has 47 heavy (non-hydrogen) atoms. The number of hydrogen-bond acceptors (Lipinski definition) is 5. The summed E-state index contributed by atoms with van der Waals surface area (Å²) in [7, 11) is 0. The smallest absolute Gasteiger partial charge is 0.306 e. The van der Waals surface area contributed by atoms with Crippen molar-refractivity contribution >= 4 is 11.9 Å². The van der Waals surface area contributed by atoms with E-state index in [9.17, 15) is 14.7 Å². The highest BCUT2D eigenvalue weighted by Gasteiger charge is 2.16. The van der Waals surface area contributed by atoms with E-state index in [0.717, 1.165) is 77.0 Å². The molecule has 268 valence electrons. The summed E-state index contributed by atoms with van der Waals surface area (Å²) in [4.78, 5) is 24.2. The number of ether oxygens (including phenoxy) is 2. The lowest BCUT2D eigenvalue weighted by Gasteiger charge is -2.15. The van der Waals surface area contributed by atoms with Gasteiger partial charge in [-0.2, -0.15) is 0 Å². The molecule has 0 saturated carbocycles. The minimum absolute atomic E-state index is 0.0900. The Kier molecular flexibility index (Phi) is 35.7. The van der Waals surface area contributed by atoms with Crippen molar-refractivity contribution in [1.29, 1.82) is 0 Å². The van der Waals surface area contributed by atoms with Crippen LogP contribution in [-0.4, -0.2) is 36.4 Å². The number of allylic oxidation sites excluding steroid dienone is 12. The fourth-order valence-electron chi connectivity index (χ4n) is 4.79. The van der Waals surface area contributed by atoms with Crippen LogP contribution < -0.4 is 0 Å². The van der Waals surface area contributed by atoms with Gasteiger partial charge in [-0.25, -0.2) is 0 Å². The van der Waals surface area contributed by atoms with Gasteiger partial charge in [-0.15, -0.1) is 0 Å². The Morgan fingerprint density at radius 2 is 0.872 bits per heavy atom. The van der Waals surface area contributed by atoms with E-state index in [4.69, 9.17) is 9.47 Å². The minimum atomic E-state index is -0.796. The Labute approximate surface area is 289 Å². The third kappa shape index (κ3) is 36.0. The van der Waals surface area contributed by atoms with Gasteiger partial charge in [0.15, 0.2) is 6.10 Å². The van der Waals surface area contributed by atoms with Crippen molar-refractivity contribution in [2.45, 2.75) is 168 Å². The van der Waals surface area contributed by atoms with Crippen LogP contribution >= 0.6 is 0 Å². The van der Waals surface area contributed by atoms with Crippen LogP contribution in [0.15, 0.2) is 72.9 Å². The average Bonchev–Trinajstić information content (AvgIpc) is 3.07. The molecule has 0 rings (SSSR count). The Hall–Kier alpha value is -2.66. The zero-order chi connectivity index (χ0) is 34.3. The molecule has 0 aliphatic rings. The number of rotatable bonds is 33. The second-order valence-electron chi connectivity index (χ2n) is 12.3. The zero-order valence-electron chi connectivity index (χ0n) is 30.3. The first-order valence-corrected chi connectivity index (χ1v) is 19.0. The molecule has 0 aromatic rings. The van der Waals surface area contributed by atoms with Gasteiger partial charge in [0.25, 0.3) is 0 Å². The third-order valence-electron chi connectivity index (χ3n) is 7.72. The first kappa shape index (κ1) is 44.3. The van der Waals surface area contributed by atoms with Crippen molar-refractivity contribution in [3.63, 3.8) is 0 Å².